The van der Waals surface area contributed by atoms with Gasteiger partial charge < -0.3 is 0 Å². The Hall–Kier alpha value is -1.65. The van der Waals surface area contributed by atoms with Crippen molar-refractivity contribution in [3.8, 4) is 0 Å². The van der Waals surface area contributed by atoms with Gasteiger partial charge in [0.25, 0.3) is 0 Å². The van der Waals surface area contributed by atoms with Gasteiger partial charge in [0.2, 0.25) is 0 Å². The largest absolute Gasteiger partial charge is 0.102 e. The zero-order chi connectivity index (χ0) is 15.1. The molecule has 0 atom stereocenters. The molecule has 0 saturated heterocycles. The van der Waals surface area contributed by atoms with Crippen LogP contribution < -0.4 is 10.6 Å². The first-order valence-corrected chi connectivity index (χ1v) is 8.84. The third-order valence-corrected chi connectivity index (χ3v) is 5.92. The second-order valence-electron chi connectivity index (χ2n) is 5.71. The quantitative estimate of drug-likeness (QED) is 0.526. The maximum Gasteiger partial charge on any atom is 0.000186 e. The monoisotopic (exact) mass is 294 g/mol. The van der Waals surface area contributed by atoms with Gasteiger partial charge in [0.05, 0.1) is 0 Å². The van der Waals surface area contributed by atoms with E-state index >= 15 is 0 Å². The van der Waals surface area contributed by atoms with Crippen molar-refractivity contribution in [3.05, 3.63) is 85.5 Å². The van der Waals surface area contributed by atoms with Crippen molar-refractivity contribution in [2.24, 2.45) is 5.41 Å². The smallest absolute Gasteiger partial charge is 0.000186 e. The lowest BCUT2D eigenvalue weighted by Gasteiger charge is -2.18. The predicted molar refractivity (Wildman–Crippen MR) is 97.1 cm³/mol. The minimum atomic E-state index is -0.330. The summed E-state index contributed by atoms with van der Waals surface area (Å²) in [6.45, 7) is 8.27. The fraction of sp³-hybridized carbons (Fsp3) is 0.200. The standard InChI is InChI=1S/C20H23P/c1-4-20(2,3)16-11-17-21(18-12-7-5-8-13-18)19-14-9-6-10-15-19/h4-16H,1,17H2,2-3H3/b16-11-. The molecule has 0 nitrogen and oxygen atoms in total. The van der Waals surface area contributed by atoms with Crippen molar-refractivity contribution < 1.29 is 0 Å². The Kier molecular flexibility index (Phi) is 5.53. The highest BCUT2D eigenvalue weighted by molar-refractivity contribution is 7.73. The van der Waals surface area contributed by atoms with Crippen molar-refractivity contribution in [1.29, 1.82) is 0 Å². The number of allylic oxidation sites excluding steroid dienone is 3. The van der Waals surface area contributed by atoms with Crippen LogP contribution in [-0.4, -0.2) is 6.16 Å². The zero-order valence-corrected chi connectivity index (χ0v) is 13.8. The minimum absolute atomic E-state index is 0.0639. The van der Waals surface area contributed by atoms with E-state index in [-0.39, 0.29) is 13.3 Å². The molecule has 2 rings (SSSR count). The van der Waals surface area contributed by atoms with E-state index in [1.54, 1.807) is 0 Å². The third kappa shape index (κ3) is 4.69. The predicted octanol–water partition coefficient (Wildman–Crippen LogP) is 4.89. The van der Waals surface area contributed by atoms with Crippen LogP contribution in [0.4, 0.5) is 0 Å². The molecule has 0 amide bonds. The lowest BCUT2D eigenvalue weighted by molar-refractivity contribution is 0.627. The van der Waals surface area contributed by atoms with E-state index in [1.165, 1.54) is 10.6 Å². The van der Waals surface area contributed by atoms with Crippen LogP contribution in [-0.2, 0) is 0 Å². The Morgan fingerprint density at radius 1 is 0.905 bits per heavy atom. The van der Waals surface area contributed by atoms with Crippen LogP contribution >= 0.6 is 7.92 Å². The molecule has 1 heteroatoms. The Balaban J connectivity index is 2.24. The molecule has 21 heavy (non-hydrogen) atoms. The fourth-order valence-corrected chi connectivity index (χ4v) is 4.21. The van der Waals surface area contributed by atoms with Crippen molar-refractivity contribution in [2.45, 2.75) is 13.8 Å². The molecule has 0 aliphatic heterocycles. The van der Waals surface area contributed by atoms with Crippen LogP contribution in [0.2, 0.25) is 0 Å². The van der Waals surface area contributed by atoms with E-state index in [1.807, 2.05) is 6.08 Å². The first kappa shape index (κ1) is 15.7. The van der Waals surface area contributed by atoms with Gasteiger partial charge in [0.15, 0.2) is 0 Å². The first-order valence-electron chi connectivity index (χ1n) is 7.31. The van der Waals surface area contributed by atoms with Crippen molar-refractivity contribution in [2.75, 3.05) is 6.16 Å². The van der Waals surface area contributed by atoms with E-state index in [0.29, 0.717) is 0 Å². The number of benzene rings is 2. The molecule has 0 bridgehead atoms. The minimum Gasteiger partial charge on any atom is -0.102 e. The number of hydrogen-bond donors (Lipinski definition) is 0. The highest BCUT2D eigenvalue weighted by Gasteiger charge is 2.12. The topological polar surface area (TPSA) is 0 Å². The van der Waals surface area contributed by atoms with Gasteiger partial charge in [-0.3, -0.25) is 0 Å². The molecular weight excluding hydrogens is 271 g/mol. The van der Waals surface area contributed by atoms with Gasteiger partial charge in [-0.1, -0.05) is 92.7 Å². The van der Waals surface area contributed by atoms with Crippen molar-refractivity contribution in [1.82, 2.24) is 0 Å². The summed E-state index contributed by atoms with van der Waals surface area (Å²) in [6.07, 6.45) is 7.64. The molecule has 108 valence electrons. The first-order chi connectivity index (χ1) is 10.1. The van der Waals surface area contributed by atoms with Gasteiger partial charge in [0.1, 0.15) is 0 Å². The summed E-state index contributed by atoms with van der Waals surface area (Å²) in [6, 6.07) is 21.6. The van der Waals surface area contributed by atoms with Crippen LogP contribution in [0.3, 0.4) is 0 Å². The summed E-state index contributed by atoms with van der Waals surface area (Å²) in [5.74, 6) is 0. The molecular formula is C20H23P. The van der Waals surface area contributed by atoms with Crippen LogP contribution in [0.5, 0.6) is 0 Å². The summed E-state index contributed by atoms with van der Waals surface area (Å²) in [7, 11) is -0.330. The van der Waals surface area contributed by atoms with E-state index in [2.05, 4.69) is 93.2 Å². The second-order valence-corrected chi connectivity index (χ2v) is 7.96. The van der Waals surface area contributed by atoms with Crippen LogP contribution in [0.15, 0.2) is 85.5 Å². The van der Waals surface area contributed by atoms with Crippen LogP contribution in [0.25, 0.3) is 0 Å². The van der Waals surface area contributed by atoms with Crippen molar-refractivity contribution >= 4 is 18.5 Å². The van der Waals surface area contributed by atoms with E-state index in [4.69, 9.17) is 0 Å². The Bertz CT molecular complexity index is 542. The second kappa shape index (κ2) is 7.38. The van der Waals surface area contributed by atoms with Gasteiger partial charge in [-0.25, -0.2) is 0 Å². The Morgan fingerprint density at radius 3 is 1.81 bits per heavy atom. The molecule has 0 saturated carbocycles. The highest BCUT2D eigenvalue weighted by Crippen LogP contribution is 2.34. The van der Waals surface area contributed by atoms with Gasteiger partial charge >= 0.3 is 0 Å². The Labute approximate surface area is 130 Å². The summed E-state index contributed by atoms with van der Waals surface area (Å²) >= 11 is 0. The molecule has 2 aromatic carbocycles. The summed E-state index contributed by atoms with van der Waals surface area (Å²) in [4.78, 5) is 0. The van der Waals surface area contributed by atoms with Crippen molar-refractivity contribution in [3.63, 3.8) is 0 Å². The van der Waals surface area contributed by atoms with Gasteiger partial charge in [-0.15, -0.1) is 6.58 Å². The molecule has 0 unspecified atom stereocenters. The van der Waals surface area contributed by atoms with Crippen LogP contribution in [0, 0.1) is 5.41 Å². The fourth-order valence-electron chi connectivity index (χ4n) is 2.11. The average Bonchev–Trinajstić information content (AvgIpc) is 2.53. The van der Waals surface area contributed by atoms with E-state index in [9.17, 15) is 0 Å². The molecule has 0 fully saturated rings. The SMILES string of the molecule is C=CC(C)(C)/C=C\CP(c1ccccc1)c1ccccc1. The molecule has 2 aromatic rings. The van der Waals surface area contributed by atoms with Crippen LogP contribution in [0.1, 0.15) is 13.8 Å². The average molecular weight is 294 g/mol. The molecule has 0 heterocycles. The third-order valence-electron chi connectivity index (χ3n) is 3.50. The summed E-state index contributed by atoms with van der Waals surface area (Å²) in [5, 5.41) is 2.86. The summed E-state index contributed by atoms with van der Waals surface area (Å²) < 4.78 is 0. The molecule has 0 N–H and O–H groups in total. The lowest BCUT2D eigenvalue weighted by Crippen LogP contribution is -2.13. The maximum atomic E-state index is 3.90. The number of hydrogen-bond acceptors (Lipinski definition) is 0. The highest BCUT2D eigenvalue weighted by atomic mass is 31.1. The molecule has 0 aromatic heterocycles. The zero-order valence-electron chi connectivity index (χ0n) is 12.9. The molecule has 0 radical (unpaired) electrons. The van der Waals surface area contributed by atoms with E-state index < -0.39 is 0 Å². The van der Waals surface area contributed by atoms with Gasteiger partial charge in [0, 0.05) is 5.41 Å². The molecule has 0 spiro atoms. The molecule has 0 aliphatic rings. The van der Waals surface area contributed by atoms with Gasteiger partial charge in [-0.05, 0) is 24.7 Å². The summed E-state index contributed by atoms with van der Waals surface area (Å²) in [5.41, 5.74) is 0.0639. The van der Waals surface area contributed by atoms with E-state index in [0.717, 1.165) is 6.16 Å². The lowest BCUT2D eigenvalue weighted by atomic mass is 9.94. The maximum absolute atomic E-state index is 3.90. The number of rotatable bonds is 6. The van der Waals surface area contributed by atoms with Gasteiger partial charge in [-0.2, -0.15) is 0 Å². The normalized spacial score (nSPS) is 12.0. The Morgan fingerprint density at radius 2 is 1.38 bits per heavy atom. The molecule has 0 aliphatic carbocycles.